The number of likely N-dealkylation sites (tertiary alicyclic amines) is 1. The summed E-state index contributed by atoms with van der Waals surface area (Å²) in [5, 5.41) is 3.37. The molecule has 2 heterocycles. The van der Waals surface area contributed by atoms with E-state index in [0.717, 1.165) is 32.6 Å². The molecule has 1 amide bonds. The number of nitrogens with one attached hydrogen (secondary N) is 1. The second kappa shape index (κ2) is 4.94. The highest BCUT2D eigenvalue weighted by Gasteiger charge is 2.37. The van der Waals surface area contributed by atoms with E-state index in [1.54, 1.807) is 0 Å². The zero-order chi connectivity index (χ0) is 12.5. The average Bonchev–Trinajstić information content (AvgIpc) is 2.40. The van der Waals surface area contributed by atoms with E-state index in [-0.39, 0.29) is 5.41 Å². The van der Waals surface area contributed by atoms with Gasteiger partial charge in [0.05, 0.1) is 5.41 Å². The van der Waals surface area contributed by atoms with Gasteiger partial charge in [-0.05, 0) is 40.3 Å². The lowest BCUT2D eigenvalue weighted by Gasteiger charge is -2.39. The molecular weight excluding hydrogens is 214 g/mol. The van der Waals surface area contributed by atoms with E-state index in [2.05, 4.69) is 22.2 Å². The zero-order valence-corrected chi connectivity index (χ0v) is 11.3. The Balaban J connectivity index is 2.09. The fourth-order valence-corrected chi connectivity index (χ4v) is 2.91. The predicted octanol–water partition coefficient (Wildman–Crippen LogP) is 0.539. The summed E-state index contributed by atoms with van der Waals surface area (Å²) in [6.07, 6.45) is 2.37. The van der Waals surface area contributed by atoms with Crippen molar-refractivity contribution >= 4 is 5.91 Å². The number of carbonyl (C=O) groups excluding carboxylic acids is 1. The first-order valence-corrected chi connectivity index (χ1v) is 6.71. The molecule has 17 heavy (non-hydrogen) atoms. The minimum Gasteiger partial charge on any atom is -0.337 e. The first kappa shape index (κ1) is 12.8. The van der Waals surface area contributed by atoms with Crippen LogP contribution < -0.4 is 5.32 Å². The van der Waals surface area contributed by atoms with Crippen LogP contribution >= 0.6 is 0 Å². The molecule has 1 atom stereocenters. The molecule has 1 unspecified atom stereocenters. The van der Waals surface area contributed by atoms with Crippen molar-refractivity contribution in [1.82, 2.24) is 15.1 Å². The molecule has 2 saturated heterocycles. The zero-order valence-electron chi connectivity index (χ0n) is 11.3. The minimum atomic E-state index is -0.257. The SMILES string of the molecule is CN1CCCC(N2CCNCC(C)(C)C2=O)C1. The summed E-state index contributed by atoms with van der Waals surface area (Å²) in [5.74, 6) is 0.322. The molecule has 2 aliphatic heterocycles. The van der Waals surface area contributed by atoms with E-state index in [1.165, 1.54) is 13.0 Å². The number of rotatable bonds is 1. The van der Waals surface area contributed by atoms with Crippen LogP contribution in [0.2, 0.25) is 0 Å². The van der Waals surface area contributed by atoms with Crippen molar-refractivity contribution in [3.63, 3.8) is 0 Å². The molecule has 98 valence electrons. The lowest BCUT2D eigenvalue weighted by Crippen LogP contribution is -2.52. The fourth-order valence-electron chi connectivity index (χ4n) is 2.91. The molecule has 2 rings (SSSR count). The van der Waals surface area contributed by atoms with Crippen molar-refractivity contribution in [2.75, 3.05) is 39.8 Å². The van der Waals surface area contributed by atoms with Crippen LogP contribution in [0.4, 0.5) is 0 Å². The first-order chi connectivity index (χ1) is 8.00. The number of hydrogen-bond acceptors (Lipinski definition) is 3. The monoisotopic (exact) mass is 239 g/mol. The highest BCUT2D eigenvalue weighted by Crippen LogP contribution is 2.24. The molecule has 0 aliphatic carbocycles. The molecule has 0 bridgehead atoms. The molecule has 0 aromatic rings. The van der Waals surface area contributed by atoms with E-state index in [9.17, 15) is 4.79 Å². The third-order valence-corrected chi connectivity index (χ3v) is 3.98. The number of likely N-dealkylation sites (N-methyl/N-ethyl adjacent to an activating group) is 1. The van der Waals surface area contributed by atoms with Gasteiger partial charge in [-0.15, -0.1) is 0 Å². The highest BCUT2D eigenvalue weighted by atomic mass is 16.2. The summed E-state index contributed by atoms with van der Waals surface area (Å²) < 4.78 is 0. The standard InChI is InChI=1S/C13H25N3O/c1-13(2)10-14-6-8-16(12(13)17)11-5-4-7-15(3)9-11/h11,14H,4-10H2,1-3H3. The Morgan fingerprint density at radius 2 is 2.12 bits per heavy atom. The van der Waals surface area contributed by atoms with Gasteiger partial charge in [-0.25, -0.2) is 0 Å². The Bertz CT molecular complexity index is 290. The maximum absolute atomic E-state index is 12.5. The molecule has 1 N–H and O–H groups in total. The van der Waals surface area contributed by atoms with Crippen LogP contribution in [0, 0.1) is 5.41 Å². The van der Waals surface area contributed by atoms with Gasteiger partial charge < -0.3 is 15.1 Å². The van der Waals surface area contributed by atoms with Crippen molar-refractivity contribution in [2.24, 2.45) is 5.41 Å². The Hall–Kier alpha value is -0.610. The van der Waals surface area contributed by atoms with Gasteiger partial charge in [-0.2, -0.15) is 0 Å². The van der Waals surface area contributed by atoms with Gasteiger partial charge in [-0.3, -0.25) is 4.79 Å². The number of amides is 1. The van der Waals surface area contributed by atoms with Gasteiger partial charge in [0.1, 0.15) is 0 Å². The smallest absolute Gasteiger partial charge is 0.229 e. The number of piperidine rings is 1. The summed E-state index contributed by atoms with van der Waals surface area (Å²) in [4.78, 5) is 17.0. The van der Waals surface area contributed by atoms with Gasteiger partial charge in [0.15, 0.2) is 0 Å². The van der Waals surface area contributed by atoms with E-state index in [0.29, 0.717) is 11.9 Å². The van der Waals surface area contributed by atoms with Gasteiger partial charge in [0.25, 0.3) is 0 Å². The lowest BCUT2D eigenvalue weighted by atomic mass is 9.90. The second-order valence-corrected chi connectivity index (χ2v) is 6.12. The van der Waals surface area contributed by atoms with Crippen LogP contribution in [0.1, 0.15) is 26.7 Å². The summed E-state index contributed by atoms with van der Waals surface area (Å²) >= 11 is 0. The Labute approximate surface area is 104 Å². The molecule has 2 fully saturated rings. The normalized spacial score (nSPS) is 31.4. The van der Waals surface area contributed by atoms with Crippen molar-refractivity contribution in [3.05, 3.63) is 0 Å². The summed E-state index contributed by atoms with van der Waals surface area (Å²) in [6, 6.07) is 0.417. The quantitative estimate of drug-likeness (QED) is 0.725. The summed E-state index contributed by atoms with van der Waals surface area (Å²) in [6.45, 7) is 8.88. The number of carbonyl (C=O) groups is 1. The highest BCUT2D eigenvalue weighted by molar-refractivity contribution is 5.82. The van der Waals surface area contributed by atoms with E-state index < -0.39 is 0 Å². The second-order valence-electron chi connectivity index (χ2n) is 6.12. The van der Waals surface area contributed by atoms with Gasteiger partial charge >= 0.3 is 0 Å². The van der Waals surface area contributed by atoms with Crippen molar-refractivity contribution in [2.45, 2.75) is 32.7 Å². The Morgan fingerprint density at radius 3 is 2.82 bits per heavy atom. The van der Waals surface area contributed by atoms with E-state index in [4.69, 9.17) is 0 Å². The van der Waals surface area contributed by atoms with Crippen LogP contribution in [0.15, 0.2) is 0 Å². The Morgan fingerprint density at radius 1 is 1.35 bits per heavy atom. The molecule has 0 aromatic carbocycles. The molecule has 0 aromatic heterocycles. The van der Waals surface area contributed by atoms with Crippen molar-refractivity contribution in [1.29, 1.82) is 0 Å². The summed E-state index contributed by atoms with van der Waals surface area (Å²) in [5.41, 5.74) is -0.257. The average molecular weight is 239 g/mol. The molecule has 0 radical (unpaired) electrons. The minimum absolute atomic E-state index is 0.257. The topological polar surface area (TPSA) is 35.6 Å². The van der Waals surface area contributed by atoms with Crippen LogP contribution in [0.5, 0.6) is 0 Å². The first-order valence-electron chi connectivity index (χ1n) is 6.71. The Kier molecular flexibility index (Phi) is 3.73. The molecule has 2 aliphatic rings. The third-order valence-electron chi connectivity index (χ3n) is 3.98. The van der Waals surface area contributed by atoms with Crippen LogP contribution in [-0.4, -0.2) is 61.5 Å². The number of nitrogens with zero attached hydrogens (tertiary/aromatic N) is 2. The molecule has 0 spiro atoms. The maximum atomic E-state index is 12.5. The van der Waals surface area contributed by atoms with Crippen molar-refractivity contribution < 1.29 is 4.79 Å². The fraction of sp³-hybridized carbons (Fsp3) is 0.923. The van der Waals surface area contributed by atoms with E-state index in [1.807, 2.05) is 13.8 Å². The van der Waals surface area contributed by atoms with Crippen LogP contribution in [0.25, 0.3) is 0 Å². The van der Waals surface area contributed by atoms with Gasteiger partial charge in [-0.1, -0.05) is 0 Å². The molecule has 0 saturated carbocycles. The third kappa shape index (κ3) is 2.80. The summed E-state index contributed by atoms with van der Waals surface area (Å²) in [7, 11) is 2.15. The van der Waals surface area contributed by atoms with E-state index >= 15 is 0 Å². The van der Waals surface area contributed by atoms with Crippen molar-refractivity contribution in [3.8, 4) is 0 Å². The lowest BCUT2D eigenvalue weighted by molar-refractivity contribution is -0.142. The molecule has 4 nitrogen and oxygen atoms in total. The number of hydrogen-bond donors (Lipinski definition) is 1. The largest absolute Gasteiger partial charge is 0.337 e. The van der Waals surface area contributed by atoms with Crippen LogP contribution in [-0.2, 0) is 4.79 Å². The molecular formula is C13H25N3O. The maximum Gasteiger partial charge on any atom is 0.229 e. The van der Waals surface area contributed by atoms with Gasteiger partial charge in [0.2, 0.25) is 5.91 Å². The predicted molar refractivity (Wildman–Crippen MR) is 68.9 cm³/mol. The van der Waals surface area contributed by atoms with Crippen LogP contribution in [0.3, 0.4) is 0 Å². The van der Waals surface area contributed by atoms with Gasteiger partial charge in [0, 0.05) is 32.2 Å². The molecule has 4 heteroatoms.